The van der Waals surface area contributed by atoms with Gasteiger partial charge in [-0.2, -0.15) is 0 Å². The highest BCUT2D eigenvalue weighted by molar-refractivity contribution is 6.31. The van der Waals surface area contributed by atoms with Gasteiger partial charge >= 0.3 is 0 Å². The molecule has 0 bridgehead atoms. The molecule has 108 heavy (non-hydrogen) atoms. The SMILES string of the molecule is c1ccc(-c2cc(-c3ccccc3)nc(-c3cc(-n4c5ccccc5c5c6c7ccccc7n(-c7ccccc7)c6ccc54)c4ccccc4c3)n2)cc1.c1ccc(-c2nc(-c3ccccc3)nc(-c3cc(-n4c5ccccc5c5c6c7ccccc7n(-c7ccccc7)c6ccc54)c4ccccc4c3)n2)cc1. The van der Waals surface area contributed by atoms with Crippen LogP contribution in [0.2, 0.25) is 0 Å². The van der Waals surface area contributed by atoms with E-state index in [-0.39, 0.29) is 0 Å². The molecule has 504 valence electrons. The lowest BCUT2D eigenvalue weighted by atomic mass is 10.0. The van der Waals surface area contributed by atoms with Gasteiger partial charge in [-0.05, 0) is 114 Å². The van der Waals surface area contributed by atoms with Crippen molar-refractivity contribution in [3.05, 3.63) is 382 Å². The second kappa shape index (κ2) is 25.6. The zero-order chi connectivity index (χ0) is 71.2. The predicted octanol–water partition coefficient (Wildman–Crippen LogP) is 25.0. The average Bonchev–Trinajstić information content (AvgIpc) is 1.55. The summed E-state index contributed by atoms with van der Waals surface area (Å²) in [6, 6.07) is 135. The van der Waals surface area contributed by atoms with Crippen molar-refractivity contribution in [3.8, 4) is 90.8 Å². The molecule has 0 saturated carbocycles. The van der Waals surface area contributed by atoms with Crippen molar-refractivity contribution in [2.24, 2.45) is 0 Å². The summed E-state index contributed by atoms with van der Waals surface area (Å²) in [5.74, 6) is 2.60. The first kappa shape index (κ1) is 61.9. The molecule has 0 unspecified atom stereocenters. The van der Waals surface area contributed by atoms with Crippen LogP contribution in [0.3, 0.4) is 0 Å². The Balaban J connectivity index is 0.000000138. The molecule has 0 radical (unpaired) electrons. The van der Waals surface area contributed by atoms with Gasteiger partial charge in [0.2, 0.25) is 0 Å². The molecule has 0 atom stereocenters. The molecule has 6 aromatic heterocycles. The third-order valence-electron chi connectivity index (χ3n) is 21.2. The van der Waals surface area contributed by atoms with Gasteiger partial charge in [-0.1, -0.05) is 279 Å². The fourth-order valence-corrected chi connectivity index (χ4v) is 16.5. The van der Waals surface area contributed by atoms with Gasteiger partial charge < -0.3 is 18.3 Å². The largest absolute Gasteiger partial charge is 0.309 e. The number of nitrogens with zero attached hydrogens (tertiary/aromatic N) is 9. The maximum Gasteiger partial charge on any atom is 0.164 e. The van der Waals surface area contributed by atoms with Crippen LogP contribution in [-0.4, -0.2) is 43.2 Å². The van der Waals surface area contributed by atoms with E-state index in [0.717, 1.165) is 106 Å². The van der Waals surface area contributed by atoms with Crippen LogP contribution < -0.4 is 0 Å². The van der Waals surface area contributed by atoms with Crippen molar-refractivity contribution in [1.29, 1.82) is 0 Å². The van der Waals surface area contributed by atoms with Crippen LogP contribution in [0.15, 0.2) is 382 Å². The van der Waals surface area contributed by atoms with Crippen molar-refractivity contribution in [2.75, 3.05) is 0 Å². The van der Waals surface area contributed by atoms with Gasteiger partial charge in [-0.3, -0.25) is 0 Å². The van der Waals surface area contributed by atoms with Crippen LogP contribution in [0.5, 0.6) is 0 Å². The molecule has 6 heterocycles. The molecule has 22 rings (SSSR count). The lowest BCUT2D eigenvalue weighted by Crippen LogP contribution is -2.02. The number of rotatable bonds is 10. The Morgan fingerprint density at radius 2 is 0.426 bits per heavy atom. The van der Waals surface area contributed by atoms with E-state index in [1.807, 2.05) is 72.8 Å². The molecule has 22 aromatic rings. The van der Waals surface area contributed by atoms with Gasteiger partial charge in [-0.25, -0.2) is 24.9 Å². The first-order valence-electron chi connectivity index (χ1n) is 36.6. The van der Waals surface area contributed by atoms with Gasteiger partial charge in [0.1, 0.15) is 0 Å². The second-order valence-electron chi connectivity index (χ2n) is 27.5. The summed E-state index contributed by atoms with van der Waals surface area (Å²) < 4.78 is 9.67. The maximum absolute atomic E-state index is 5.24. The van der Waals surface area contributed by atoms with Gasteiger partial charge in [0, 0.05) is 98.6 Å². The van der Waals surface area contributed by atoms with Crippen LogP contribution in [0.1, 0.15) is 0 Å². The molecule has 9 heteroatoms. The molecular weight excluding hydrogens is 1320 g/mol. The van der Waals surface area contributed by atoms with Crippen molar-refractivity contribution in [2.45, 2.75) is 0 Å². The molecular formula is C99H63N9. The minimum atomic E-state index is 0.629. The summed E-state index contributed by atoms with van der Waals surface area (Å²) in [4.78, 5) is 25.7. The van der Waals surface area contributed by atoms with E-state index < -0.39 is 0 Å². The fourth-order valence-electron chi connectivity index (χ4n) is 16.5. The highest BCUT2D eigenvalue weighted by Gasteiger charge is 2.26. The van der Waals surface area contributed by atoms with Crippen molar-refractivity contribution >= 4 is 109 Å². The summed E-state index contributed by atoms with van der Waals surface area (Å²) in [6.07, 6.45) is 0. The smallest absolute Gasteiger partial charge is 0.164 e. The quantitative estimate of drug-likeness (QED) is 0.136. The monoisotopic (exact) mass is 1380 g/mol. The predicted molar refractivity (Wildman–Crippen MR) is 447 cm³/mol. The molecule has 16 aromatic carbocycles. The molecule has 0 fully saturated rings. The summed E-state index contributed by atoms with van der Waals surface area (Å²) in [7, 11) is 0. The molecule has 0 N–H and O–H groups in total. The zero-order valence-corrected chi connectivity index (χ0v) is 58.4. The maximum atomic E-state index is 5.24. The van der Waals surface area contributed by atoms with Crippen molar-refractivity contribution in [1.82, 2.24) is 43.2 Å². The lowest BCUT2D eigenvalue weighted by molar-refractivity contribution is 1.07. The van der Waals surface area contributed by atoms with Crippen LogP contribution in [0.4, 0.5) is 0 Å². The highest BCUT2D eigenvalue weighted by atomic mass is 15.0. The van der Waals surface area contributed by atoms with E-state index in [1.54, 1.807) is 0 Å². The summed E-state index contributed by atoms with van der Waals surface area (Å²) >= 11 is 0. The third-order valence-corrected chi connectivity index (χ3v) is 21.2. The molecule has 0 aliphatic carbocycles. The van der Waals surface area contributed by atoms with Gasteiger partial charge in [0.25, 0.3) is 0 Å². The minimum absolute atomic E-state index is 0.629. The number of para-hydroxylation sites is 6. The molecule has 0 saturated heterocycles. The first-order chi connectivity index (χ1) is 53.6. The fraction of sp³-hybridized carbons (Fsp3) is 0. The molecule has 0 spiro atoms. The number of fused-ring (bicyclic) bond motifs is 16. The number of hydrogen-bond acceptors (Lipinski definition) is 5. The highest BCUT2D eigenvalue weighted by Crippen LogP contribution is 2.47. The van der Waals surface area contributed by atoms with E-state index in [1.165, 1.54) is 70.5 Å². The Morgan fingerprint density at radius 3 is 0.778 bits per heavy atom. The summed E-state index contributed by atoms with van der Waals surface area (Å²) in [5.41, 5.74) is 21.5. The first-order valence-corrected chi connectivity index (χ1v) is 36.6. The van der Waals surface area contributed by atoms with Crippen LogP contribution >= 0.6 is 0 Å². The van der Waals surface area contributed by atoms with E-state index >= 15 is 0 Å². The zero-order valence-electron chi connectivity index (χ0n) is 58.4. The Hall–Kier alpha value is -14.7. The topological polar surface area (TPSA) is 84.2 Å². The molecule has 0 amide bonds. The van der Waals surface area contributed by atoms with Crippen molar-refractivity contribution < 1.29 is 0 Å². The van der Waals surface area contributed by atoms with Gasteiger partial charge in [-0.15, -0.1) is 0 Å². The normalized spacial score (nSPS) is 11.7. The van der Waals surface area contributed by atoms with E-state index in [0.29, 0.717) is 23.3 Å². The van der Waals surface area contributed by atoms with Gasteiger partial charge in [0.15, 0.2) is 23.3 Å². The van der Waals surface area contributed by atoms with E-state index in [4.69, 9.17) is 24.9 Å². The molecule has 0 aliphatic rings. The van der Waals surface area contributed by atoms with Gasteiger partial charge in [0.05, 0.1) is 66.9 Å². The standard InChI is InChI=1S/C50H32N4.C49H31N5/c1-4-16-33(17-5-1)41-32-42(34-18-6-2-7-19-34)52-50(51-41)36-30-35-20-10-11-23-38(35)47(31-36)54-44-27-15-13-25-40(44)49-46(54)29-28-45-48(49)39-24-12-14-26-43(39)53(45)37-21-8-3-9-22-37;1-4-16-32(17-5-1)47-50-48(33-18-6-2-7-19-33)52-49(51-47)35-30-34-20-10-11-23-37(34)44(31-35)54-41-27-15-13-25-39(41)46-43(54)29-28-42-45(46)38-24-12-14-26-40(38)53(42)36-21-8-3-9-22-36/h1-32H;1-31H. The molecule has 0 aliphatic heterocycles. The van der Waals surface area contributed by atoms with Crippen LogP contribution in [0.25, 0.3) is 200 Å². The summed E-state index contributed by atoms with van der Waals surface area (Å²) in [5, 5.41) is 14.5. The number of benzene rings is 16. The molecule has 9 nitrogen and oxygen atoms in total. The average molecular weight is 1380 g/mol. The van der Waals surface area contributed by atoms with E-state index in [9.17, 15) is 0 Å². The third kappa shape index (κ3) is 10.3. The lowest BCUT2D eigenvalue weighted by Gasteiger charge is -2.15. The minimum Gasteiger partial charge on any atom is -0.309 e. The number of hydrogen-bond donors (Lipinski definition) is 0. The van der Waals surface area contributed by atoms with Crippen LogP contribution in [-0.2, 0) is 0 Å². The van der Waals surface area contributed by atoms with E-state index in [2.05, 4.69) is 328 Å². The Morgan fingerprint density at radius 1 is 0.167 bits per heavy atom. The summed E-state index contributed by atoms with van der Waals surface area (Å²) in [6.45, 7) is 0. The second-order valence-corrected chi connectivity index (χ2v) is 27.5. The van der Waals surface area contributed by atoms with Crippen molar-refractivity contribution in [3.63, 3.8) is 0 Å². The van der Waals surface area contributed by atoms with Crippen LogP contribution in [0, 0.1) is 0 Å². The number of aromatic nitrogens is 9. The Bertz CT molecular complexity index is 6720. The Labute approximate surface area is 621 Å². The Kier molecular flexibility index (Phi) is 14.7.